The molecule has 1 aromatic heterocycles. The lowest BCUT2D eigenvalue weighted by molar-refractivity contribution is -0.121. The van der Waals surface area contributed by atoms with Crippen molar-refractivity contribution < 1.29 is 4.79 Å². The van der Waals surface area contributed by atoms with E-state index in [1.165, 1.54) is 23.9 Å². The minimum atomic E-state index is -0.0407. The minimum absolute atomic E-state index is 0. The van der Waals surface area contributed by atoms with Gasteiger partial charge in [-0.25, -0.2) is 4.68 Å². The number of piperidine rings is 1. The molecule has 2 heterocycles. The van der Waals surface area contributed by atoms with Crippen LogP contribution in [0.1, 0.15) is 19.3 Å². The van der Waals surface area contributed by atoms with Gasteiger partial charge in [0.15, 0.2) is 0 Å². The van der Waals surface area contributed by atoms with Gasteiger partial charge in [0.05, 0.1) is 0 Å². The summed E-state index contributed by atoms with van der Waals surface area (Å²) in [6.45, 7) is 3.12. The fourth-order valence-electron chi connectivity index (χ4n) is 2.04. The smallest absolute Gasteiger partial charge is 0.241 e. The van der Waals surface area contributed by atoms with Crippen LogP contribution in [0, 0.1) is 5.92 Å². The van der Waals surface area contributed by atoms with E-state index in [-0.39, 0.29) is 24.9 Å². The molecule has 2 N–H and O–H groups in total. The van der Waals surface area contributed by atoms with Crippen molar-refractivity contribution in [1.82, 2.24) is 30.8 Å². The molecule has 0 radical (unpaired) electrons. The molecular formula is C10H19ClN6O. The van der Waals surface area contributed by atoms with Crippen LogP contribution >= 0.6 is 12.4 Å². The molecule has 0 aliphatic carbocycles. The van der Waals surface area contributed by atoms with E-state index in [2.05, 4.69) is 26.2 Å². The van der Waals surface area contributed by atoms with E-state index in [4.69, 9.17) is 0 Å². The van der Waals surface area contributed by atoms with Crippen LogP contribution < -0.4 is 10.6 Å². The van der Waals surface area contributed by atoms with E-state index in [1.807, 2.05) is 0 Å². The standard InChI is InChI=1S/C10H18N6O.ClH/c17-10(7-16-8-13-14-15-16)12-5-3-9-2-1-4-11-6-9;/h8-9,11H,1-7H2,(H,12,17);1H. The summed E-state index contributed by atoms with van der Waals surface area (Å²) in [7, 11) is 0. The Kier molecular flexibility index (Phi) is 6.59. The summed E-state index contributed by atoms with van der Waals surface area (Å²) in [5, 5.41) is 16.8. The normalized spacial score (nSPS) is 19.0. The van der Waals surface area contributed by atoms with Gasteiger partial charge in [-0.2, -0.15) is 0 Å². The quantitative estimate of drug-likeness (QED) is 0.763. The third-order valence-electron chi connectivity index (χ3n) is 2.97. The molecule has 1 aliphatic heterocycles. The molecule has 0 spiro atoms. The van der Waals surface area contributed by atoms with Crippen molar-refractivity contribution in [2.45, 2.75) is 25.8 Å². The maximum atomic E-state index is 11.5. The Bertz CT molecular complexity index is 338. The fourth-order valence-corrected chi connectivity index (χ4v) is 2.04. The highest BCUT2D eigenvalue weighted by atomic mass is 35.5. The van der Waals surface area contributed by atoms with Gasteiger partial charge in [-0.3, -0.25) is 4.79 Å². The molecule has 1 amide bonds. The predicted molar refractivity (Wildman–Crippen MR) is 68.3 cm³/mol. The average Bonchev–Trinajstić information content (AvgIpc) is 2.83. The van der Waals surface area contributed by atoms with Gasteiger partial charge in [-0.15, -0.1) is 17.5 Å². The number of amides is 1. The van der Waals surface area contributed by atoms with Gasteiger partial charge in [-0.05, 0) is 48.7 Å². The van der Waals surface area contributed by atoms with Crippen LogP contribution in [0.5, 0.6) is 0 Å². The first-order valence-electron chi connectivity index (χ1n) is 6.03. The molecular weight excluding hydrogens is 256 g/mol. The van der Waals surface area contributed by atoms with Gasteiger partial charge in [0.1, 0.15) is 12.9 Å². The topological polar surface area (TPSA) is 84.7 Å². The number of nitrogens with zero attached hydrogens (tertiary/aromatic N) is 4. The zero-order chi connectivity index (χ0) is 11.9. The van der Waals surface area contributed by atoms with Gasteiger partial charge in [0, 0.05) is 6.54 Å². The second-order valence-corrected chi connectivity index (χ2v) is 4.36. The number of carbonyl (C=O) groups is 1. The molecule has 2 rings (SSSR count). The summed E-state index contributed by atoms with van der Waals surface area (Å²) in [4.78, 5) is 11.5. The second kappa shape index (κ2) is 7.99. The van der Waals surface area contributed by atoms with E-state index in [9.17, 15) is 4.79 Å². The van der Waals surface area contributed by atoms with E-state index >= 15 is 0 Å². The number of halogens is 1. The largest absolute Gasteiger partial charge is 0.354 e. The summed E-state index contributed by atoms with van der Waals surface area (Å²) in [5.41, 5.74) is 0. The molecule has 0 aromatic carbocycles. The van der Waals surface area contributed by atoms with E-state index in [1.54, 1.807) is 0 Å². The number of hydrogen-bond acceptors (Lipinski definition) is 5. The van der Waals surface area contributed by atoms with Crippen LogP contribution in [-0.4, -0.2) is 45.7 Å². The van der Waals surface area contributed by atoms with Crippen molar-refractivity contribution in [2.24, 2.45) is 5.92 Å². The molecule has 7 nitrogen and oxygen atoms in total. The molecule has 0 bridgehead atoms. The van der Waals surface area contributed by atoms with Crippen LogP contribution in [0.2, 0.25) is 0 Å². The molecule has 1 unspecified atom stereocenters. The van der Waals surface area contributed by atoms with Crippen LogP contribution in [0.3, 0.4) is 0 Å². The minimum Gasteiger partial charge on any atom is -0.354 e. The van der Waals surface area contributed by atoms with Crippen LogP contribution in [0.15, 0.2) is 6.33 Å². The lowest BCUT2D eigenvalue weighted by atomic mass is 9.96. The van der Waals surface area contributed by atoms with Crippen molar-refractivity contribution in [3.8, 4) is 0 Å². The van der Waals surface area contributed by atoms with Crippen LogP contribution in [0.4, 0.5) is 0 Å². The molecule has 8 heteroatoms. The molecule has 0 saturated carbocycles. The molecule has 1 atom stereocenters. The van der Waals surface area contributed by atoms with E-state index in [0.29, 0.717) is 5.92 Å². The summed E-state index contributed by atoms with van der Waals surface area (Å²) in [6.07, 6.45) is 4.97. The van der Waals surface area contributed by atoms with Crippen molar-refractivity contribution >= 4 is 18.3 Å². The number of nitrogens with one attached hydrogen (secondary N) is 2. The van der Waals surface area contributed by atoms with E-state index in [0.717, 1.165) is 26.1 Å². The predicted octanol–water partition coefficient (Wildman–Crippen LogP) is -0.399. The van der Waals surface area contributed by atoms with Gasteiger partial charge in [0.2, 0.25) is 5.91 Å². The van der Waals surface area contributed by atoms with Gasteiger partial charge in [-0.1, -0.05) is 0 Å². The molecule has 1 aliphatic rings. The number of hydrogen-bond donors (Lipinski definition) is 2. The Hall–Kier alpha value is -1.21. The first kappa shape index (κ1) is 14.8. The molecule has 1 aromatic rings. The van der Waals surface area contributed by atoms with Gasteiger partial charge >= 0.3 is 0 Å². The summed E-state index contributed by atoms with van der Waals surface area (Å²) >= 11 is 0. The Labute approximate surface area is 112 Å². The average molecular weight is 275 g/mol. The fraction of sp³-hybridized carbons (Fsp3) is 0.800. The van der Waals surface area contributed by atoms with E-state index < -0.39 is 0 Å². The monoisotopic (exact) mass is 274 g/mol. The maximum absolute atomic E-state index is 11.5. The number of tetrazole rings is 1. The third kappa shape index (κ3) is 4.97. The van der Waals surface area contributed by atoms with Gasteiger partial charge in [0.25, 0.3) is 0 Å². The maximum Gasteiger partial charge on any atom is 0.241 e. The Morgan fingerprint density at radius 1 is 1.56 bits per heavy atom. The second-order valence-electron chi connectivity index (χ2n) is 4.36. The van der Waals surface area contributed by atoms with Crippen molar-refractivity contribution in [1.29, 1.82) is 0 Å². The summed E-state index contributed by atoms with van der Waals surface area (Å²) in [6, 6.07) is 0. The highest BCUT2D eigenvalue weighted by molar-refractivity contribution is 5.85. The first-order valence-corrected chi connectivity index (χ1v) is 6.03. The zero-order valence-electron chi connectivity index (χ0n) is 10.2. The Morgan fingerprint density at radius 3 is 3.11 bits per heavy atom. The third-order valence-corrected chi connectivity index (χ3v) is 2.97. The number of rotatable bonds is 5. The number of aromatic nitrogens is 4. The highest BCUT2D eigenvalue weighted by Gasteiger charge is 2.12. The Morgan fingerprint density at radius 2 is 2.44 bits per heavy atom. The molecule has 1 fully saturated rings. The van der Waals surface area contributed by atoms with Crippen LogP contribution in [0.25, 0.3) is 0 Å². The van der Waals surface area contributed by atoms with Crippen molar-refractivity contribution in [3.63, 3.8) is 0 Å². The highest BCUT2D eigenvalue weighted by Crippen LogP contribution is 2.12. The van der Waals surface area contributed by atoms with Crippen LogP contribution in [-0.2, 0) is 11.3 Å². The molecule has 102 valence electrons. The SMILES string of the molecule is Cl.O=C(Cn1cnnn1)NCCC1CCCNC1. The van der Waals surface area contributed by atoms with Gasteiger partial charge < -0.3 is 10.6 Å². The number of carbonyl (C=O) groups excluding carboxylic acids is 1. The molecule has 1 saturated heterocycles. The van der Waals surface area contributed by atoms with Crippen molar-refractivity contribution in [3.05, 3.63) is 6.33 Å². The molecule has 18 heavy (non-hydrogen) atoms. The Balaban J connectivity index is 0.00000162. The lowest BCUT2D eigenvalue weighted by Gasteiger charge is -2.22. The summed E-state index contributed by atoms with van der Waals surface area (Å²) < 4.78 is 1.41. The lowest BCUT2D eigenvalue weighted by Crippen LogP contribution is -2.34. The zero-order valence-corrected chi connectivity index (χ0v) is 11.0. The van der Waals surface area contributed by atoms with Crippen molar-refractivity contribution in [2.75, 3.05) is 19.6 Å². The first-order chi connectivity index (χ1) is 8.34. The summed E-state index contributed by atoms with van der Waals surface area (Å²) in [5.74, 6) is 0.651.